The highest BCUT2D eigenvalue weighted by atomic mass is 31.3. The van der Waals surface area contributed by atoms with Crippen LogP contribution in [0.4, 0.5) is 0 Å². The summed E-state index contributed by atoms with van der Waals surface area (Å²) in [7, 11) is -16.2. The molecule has 0 bridgehead atoms. The molecule has 0 saturated heterocycles. The normalized spacial score (nSPS) is 17.6. The molecule has 0 aliphatic carbocycles. The average molecular weight is 893 g/mol. The molecule has 5 aromatic carbocycles. The second-order valence-electron chi connectivity index (χ2n) is 14.3. The van der Waals surface area contributed by atoms with Gasteiger partial charge in [-0.05, 0) is 115 Å². The molecule has 0 amide bonds. The number of nitrogens with zero attached hydrogens (tertiary/aromatic N) is 4. The van der Waals surface area contributed by atoms with E-state index < -0.39 is 30.6 Å². The Bertz CT molecular complexity index is 2290. The Balaban J connectivity index is 1.82. The van der Waals surface area contributed by atoms with Crippen LogP contribution in [0.3, 0.4) is 0 Å². The van der Waals surface area contributed by atoms with E-state index in [2.05, 4.69) is 0 Å². The predicted molar refractivity (Wildman–Crippen MR) is 245 cm³/mol. The van der Waals surface area contributed by atoms with E-state index in [1.807, 2.05) is 177 Å². The molecule has 12 nitrogen and oxygen atoms in total. The van der Waals surface area contributed by atoms with Gasteiger partial charge in [0.1, 0.15) is 28.7 Å². The smallest absolute Gasteiger partial charge is 0.422 e. The van der Waals surface area contributed by atoms with E-state index in [1.54, 1.807) is 0 Å². The van der Waals surface area contributed by atoms with Crippen LogP contribution in [0.2, 0.25) is 0 Å². The molecular formula is C44H56N4O8P4. The fraction of sp³-hybridized carbons (Fsp3) is 0.318. The molecule has 60 heavy (non-hydrogen) atoms. The van der Waals surface area contributed by atoms with Crippen LogP contribution in [-0.2, 0) is 13.6 Å². The predicted octanol–water partition coefficient (Wildman–Crippen LogP) is 16.0. The van der Waals surface area contributed by atoms with Gasteiger partial charge in [-0.3, -0.25) is 4.52 Å². The average Bonchev–Trinajstić information content (AvgIpc) is 3.22. The molecule has 16 heteroatoms. The molecule has 0 N–H and O–H groups in total. The van der Waals surface area contributed by atoms with Crippen LogP contribution in [0.1, 0.15) is 67.9 Å². The largest absolute Gasteiger partial charge is 0.460 e. The van der Waals surface area contributed by atoms with Gasteiger partial charge in [0.15, 0.2) is 0 Å². The highest BCUT2D eigenvalue weighted by molar-refractivity contribution is 7.79. The first-order valence-electron chi connectivity index (χ1n) is 20.2. The molecule has 1 aliphatic heterocycles. The van der Waals surface area contributed by atoms with E-state index in [0.717, 1.165) is 27.8 Å². The first kappa shape index (κ1) is 45.4. The van der Waals surface area contributed by atoms with Crippen molar-refractivity contribution >= 4 is 30.6 Å². The number of hydrogen-bond donors (Lipinski definition) is 0. The van der Waals surface area contributed by atoms with Gasteiger partial charge in [0, 0.05) is 0 Å². The quantitative estimate of drug-likeness (QED) is 0.0751. The Morgan fingerprint density at radius 1 is 0.300 bits per heavy atom. The Morgan fingerprint density at radius 2 is 0.500 bits per heavy atom. The van der Waals surface area contributed by atoms with Crippen molar-refractivity contribution in [1.82, 2.24) is 0 Å². The maximum Gasteiger partial charge on any atom is 0.460 e. The monoisotopic (exact) mass is 892 g/mol. The third kappa shape index (κ3) is 12.5. The van der Waals surface area contributed by atoms with Crippen LogP contribution in [0.15, 0.2) is 139 Å². The van der Waals surface area contributed by atoms with Crippen LogP contribution in [0.5, 0.6) is 28.7 Å². The first-order valence-corrected chi connectivity index (χ1v) is 26.3. The zero-order chi connectivity index (χ0) is 42.6. The van der Waals surface area contributed by atoms with Crippen molar-refractivity contribution < 1.29 is 36.2 Å². The summed E-state index contributed by atoms with van der Waals surface area (Å²) in [6, 6.07) is 37.9. The lowest BCUT2D eigenvalue weighted by Gasteiger charge is -2.33. The summed E-state index contributed by atoms with van der Waals surface area (Å²) in [6.07, 6.45) is 1.87. The molecule has 1 aliphatic rings. The van der Waals surface area contributed by atoms with Crippen molar-refractivity contribution in [2.24, 2.45) is 18.1 Å². The molecule has 1 heterocycles. The molecule has 320 valence electrons. The topological polar surface area (TPSA) is 123 Å². The van der Waals surface area contributed by atoms with E-state index in [4.69, 9.17) is 54.3 Å². The van der Waals surface area contributed by atoms with Crippen LogP contribution >= 0.6 is 30.6 Å². The Labute approximate surface area is 356 Å². The second-order valence-corrected chi connectivity index (χ2v) is 22.8. The molecule has 0 aromatic heterocycles. The van der Waals surface area contributed by atoms with Gasteiger partial charge < -0.3 is 31.7 Å². The molecule has 0 fully saturated rings. The van der Waals surface area contributed by atoms with Gasteiger partial charge in [-0.25, -0.2) is 0 Å². The van der Waals surface area contributed by atoms with Crippen LogP contribution in [0.25, 0.3) is 0 Å². The van der Waals surface area contributed by atoms with Crippen molar-refractivity contribution in [3.63, 3.8) is 0 Å². The maximum atomic E-state index is 7.06. The van der Waals surface area contributed by atoms with Gasteiger partial charge in [0.25, 0.3) is 0 Å². The van der Waals surface area contributed by atoms with Gasteiger partial charge in [-0.15, -0.1) is 13.5 Å². The Morgan fingerprint density at radius 3 is 0.767 bits per heavy atom. The minimum absolute atomic E-state index is 0.212. The molecule has 1 atom stereocenters. The minimum Gasteiger partial charge on any atom is -0.422 e. The summed E-state index contributed by atoms with van der Waals surface area (Å²) in [5.74, 6) is 2.17. The summed E-state index contributed by atoms with van der Waals surface area (Å²) in [6.45, 7) is 16.7. The highest BCUT2D eigenvalue weighted by Crippen LogP contribution is 2.80. The van der Waals surface area contributed by atoms with E-state index in [0.29, 0.717) is 48.0 Å². The third-order valence-corrected chi connectivity index (χ3v) is 19.6. The van der Waals surface area contributed by atoms with Crippen LogP contribution < -0.4 is 22.6 Å². The molecule has 0 spiro atoms. The van der Waals surface area contributed by atoms with E-state index >= 15 is 0 Å². The third-order valence-electron chi connectivity index (χ3n) is 8.52. The lowest BCUT2D eigenvalue weighted by molar-refractivity contribution is 0.238. The lowest BCUT2D eigenvalue weighted by Crippen LogP contribution is -2.09. The number of hydrogen-bond acceptors (Lipinski definition) is 12. The molecule has 5 aromatic rings. The van der Waals surface area contributed by atoms with Gasteiger partial charge in [-0.1, -0.05) is 114 Å². The van der Waals surface area contributed by atoms with Crippen molar-refractivity contribution in [1.29, 1.82) is 0 Å². The minimum atomic E-state index is -4.20. The van der Waals surface area contributed by atoms with Gasteiger partial charge >= 0.3 is 30.6 Å². The second kappa shape index (κ2) is 20.6. The van der Waals surface area contributed by atoms with Crippen molar-refractivity contribution in [3.8, 4) is 28.7 Å². The number of aryl methyl sites for hydroxylation is 5. The fourth-order valence-corrected chi connectivity index (χ4v) is 18.0. The summed E-state index contributed by atoms with van der Waals surface area (Å²) < 4.78 is 77.3. The number of rotatable bonds is 19. The van der Waals surface area contributed by atoms with Crippen LogP contribution in [-0.4, -0.2) is 19.8 Å². The van der Waals surface area contributed by atoms with E-state index in [1.165, 1.54) is 0 Å². The lowest BCUT2D eigenvalue weighted by atomic mass is 10.2. The summed E-state index contributed by atoms with van der Waals surface area (Å²) in [4.78, 5) is 0. The summed E-state index contributed by atoms with van der Waals surface area (Å²) in [5, 5.41) is 0. The maximum absolute atomic E-state index is 7.06. The molecule has 0 saturated carbocycles. The summed E-state index contributed by atoms with van der Waals surface area (Å²) >= 11 is 0. The first-order chi connectivity index (χ1) is 28.9. The molecule has 1 unspecified atom stereocenters. The molecule has 0 radical (unpaired) electrons. The van der Waals surface area contributed by atoms with Gasteiger partial charge in [-0.2, -0.15) is 0 Å². The van der Waals surface area contributed by atoms with Crippen molar-refractivity contribution in [2.75, 3.05) is 19.8 Å². The summed E-state index contributed by atoms with van der Waals surface area (Å²) in [5.41, 5.74) is 5.18. The Kier molecular flexibility index (Phi) is 15.6. The van der Waals surface area contributed by atoms with Gasteiger partial charge in [0.05, 0.1) is 19.8 Å². The highest BCUT2D eigenvalue weighted by Gasteiger charge is 2.47. The Hall–Kier alpha value is -4.10. The fourth-order valence-electron chi connectivity index (χ4n) is 5.39. The molecular weight excluding hydrogens is 836 g/mol. The van der Waals surface area contributed by atoms with E-state index in [-0.39, 0.29) is 19.8 Å². The van der Waals surface area contributed by atoms with Crippen molar-refractivity contribution in [3.05, 3.63) is 149 Å². The standard InChI is InChI=1S/C44H56N4O8P4/c1-9-32-49-57(50-33-10-2)45-58(51-34-11-3,52-40-22-12-35(4)13-23-40)47-60(55-43-28-18-38(7)19-29-43,56-44-30-20-39(8)21-31-44)48-59(46-57,53-41-24-14-36(5)15-25-41)54-42-26-16-37(6)17-27-42/h12-31H,9-11,32-34H2,1-8H3. The zero-order valence-corrected chi connectivity index (χ0v) is 39.2. The zero-order valence-electron chi connectivity index (χ0n) is 35.6. The van der Waals surface area contributed by atoms with Gasteiger partial charge in [0.2, 0.25) is 0 Å². The SMILES string of the molecule is CCCOP1(OCCC)=NP(Oc2ccc(C)cc2)(Oc2ccc(C)cc2)=NP(Oc2ccc(C)cc2)(Oc2ccc(C)cc2)=NP(OCCC)(Oc2ccc(C)cc2)=N1. The van der Waals surface area contributed by atoms with Crippen LogP contribution in [0, 0.1) is 34.6 Å². The number of benzene rings is 5. The molecule has 6 rings (SSSR count). The van der Waals surface area contributed by atoms with E-state index in [9.17, 15) is 0 Å². The van der Waals surface area contributed by atoms with Crippen molar-refractivity contribution in [2.45, 2.75) is 74.7 Å².